The molecule has 0 fully saturated rings. The summed E-state index contributed by atoms with van der Waals surface area (Å²) >= 11 is 6.54. The van der Waals surface area contributed by atoms with Crippen molar-refractivity contribution < 1.29 is 29.4 Å². The van der Waals surface area contributed by atoms with Crippen LogP contribution in [0.4, 0.5) is 0 Å². The summed E-state index contributed by atoms with van der Waals surface area (Å²) in [5.41, 5.74) is 0. The van der Waals surface area contributed by atoms with Gasteiger partial charge in [-0.25, -0.2) is 0 Å². The summed E-state index contributed by atoms with van der Waals surface area (Å²) in [5, 5.41) is 0. The van der Waals surface area contributed by atoms with Crippen LogP contribution in [-0.4, -0.2) is 0 Å². The summed E-state index contributed by atoms with van der Waals surface area (Å²) in [7, 11) is 0. The molecule has 0 amide bonds. The molecule has 0 unspecified atom stereocenters. The van der Waals surface area contributed by atoms with Crippen molar-refractivity contribution in [3.8, 4) is 0 Å². The van der Waals surface area contributed by atoms with E-state index in [0.717, 1.165) is 0 Å². The number of hydrogen-bond donors (Lipinski definition) is 0. The molecular weight excluding hydrogens is 222 g/mol. The monoisotopic (exact) mass is 222 g/mol. The first-order chi connectivity index (χ1) is 4.00. The Morgan fingerprint density at radius 3 is 0.600 bits per heavy atom. The molecule has 0 N–H and O–H groups in total. The Morgan fingerprint density at radius 1 is 0.600 bits per heavy atom. The van der Waals surface area contributed by atoms with Crippen molar-refractivity contribution in [1.82, 2.24) is 0 Å². The topological polar surface area (TPSA) is 138 Å². The van der Waals surface area contributed by atoms with Gasteiger partial charge in [-0.15, -0.1) is 0 Å². The molecular formula is O6P2S2-6. The smallest absolute Gasteiger partial charge is 0.151 e. The van der Waals surface area contributed by atoms with Gasteiger partial charge in [0, 0.05) is 0 Å². The average molecular weight is 222 g/mol. The maximum Gasteiger partial charge on any atom is -0.151 e. The molecule has 0 aromatic carbocycles. The van der Waals surface area contributed by atoms with Crippen molar-refractivity contribution in [2.75, 3.05) is 0 Å². The molecule has 0 heterocycles. The van der Waals surface area contributed by atoms with Gasteiger partial charge in [0.2, 0.25) is 0 Å². The second kappa shape index (κ2) is 4.84. The maximum absolute atomic E-state index is 8.92. The van der Waals surface area contributed by atoms with E-state index < -0.39 is 13.4 Å². The van der Waals surface area contributed by atoms with E-state index in [1.165, 1.54) is 0 Å². The predicted octanol–water partition coefficient (Wildman–Crippen LogP) is -5.42. The van der Waals surface area contributed by atoms with Crippen LogP contribution < -0.4 is 29.4 Å². The lowest BCUT2D eigenvalue weighted by atomic mass is 15.8. The van der Waals surface area contributed by atoms with E-state index in [2.05, 4.69) is 23.6 Å². The molecule has 0 saturated carbocycles. The van der Waals surface area contributed by atoms with E-state index in [1.807, 2.05) is 0 Å². The van der Waals surface area contributed by atoms with Crippen molar-refractivity contribution in [2.45, 2.75) is 0 Å². The lowest BCUT2D eigenvalue weighted by molar-refractivity contribution is -0.413. The normalized spacial score (nSPS) is 11.8. The Hall–Kier alpha value is 1.06. The molecule has 10 heteroatoms. The minimum absolute atomic E-state index is 3.27. The third kappa shape index (κ3) is 524. The summed E-state index contributed by atoms with van der Waals surface area (Å²) in [4.78, 5) is 53.5. The standard InChI is InChI=1S/2H3O3PS/c2*1-4(2,3)5/h2*(H3,1,2,3,5)/p-6. The average Bonchev–Trinajstić information content (AvgIpc) is 1.12. The Kier molecular flexibility index (Phi) is 6.60. The van der Waals surface area contributed by atoms with Crippen molar-refractivity contribution >= 4 is 37.1 Å². The molecule has 64 valence electrons. The van der Waals surface area contributed by atoms with E-state index in [-0.39, 0.29) is 0 Å². The minimum Gasteiger partial charge on any atom is -0.844 e. The SMILES string of the molecule is [O-]P([O-])([O-])=S.[O-]P([O-])([O-])=S. The molecule has 0 spiro atoms. The van der Waals surface area contributed by atoms with E-state index in [0.29, 0.717) is 0 Å². The molecule has 0 aromatic heterocycles. The predicted molar refractivity (Wildman–Crippen MR) is 28.6 cm³/mol. The summed E-state index contributed by atoms with van der Waals surface area (Å²) in [6.45, 7) is -9.11. The van der Waals surface area contributed by atoms with Gasteiger partial charge < -0.3 is 42.8 Å². The zero-order valence-electron chi connectivity index (χ0n) is 4.16. The molecule has 0 saturated heterocycles. The highest BCUT2D eigenvalue weighted by Gasteiger charge is 1.37. The van der Waals surface area contributed by atoms with Gasteiger partial charge in [0.15, 0.2) is 0 Å². The molecule has 0 aliphatic carbocycles. The molecule has 0 radical (unpaired) electrons. The first-order valence-corrected chi connectivity index (χ1v) is 6.57. The van der Waals surface area contributed by atoms with Gasteiger partial charge in [-0.1, -0.05) is 0 Å². The van der Waals surface area contributed by atoms with Crippen molar-refractivity contribution in [3.05, 3.63) is 0 Å². The van der Waals surface area contributed by atoms with Crippen LogP contribution in [-0.2, 0) is 23.6 Å². The highest BCUT2D eigenvalue weighted by atomic mass is 32.5. The quantitative estimate of drug-likeness (QED) is 0.370. The van der Waals surface area contributed by atoms with Crippen molar-refractivity contribution in [3.63, 3.8) is 0 Å². The molecule has 0 aliphatic rings. The van der Waals surface area contributed by atoms with Crippen LogP contribution in [0.5, 0.6) is 0 Å². The Labute approximate surface area is 66.9 Å². The van der Waals surface area contributed by atoms with Crippen LogP contribution in [0.1, 0.15) is 0 Å². The van der Waals surface area contributed by atoms with Crippen LogP contribution in [0.3, 0.4) is 0 Å². The van der Waals surface area contributed by atoms with Gasteiger partial charge >= 0.3 is 0 Å². The fourth-order valence-corrected chi connectivity index (χ4v) is 0. The van der Waals surface area contributed by atoms with Crippen LogP contribution in [0, 0.1) is 0 Å². The number of hydrogen-bond acceptors (Lipinski definition) is 8. The molecule has 0 aromatic rings. The second-order valence-corrected chi connectivity index (χ2v) is 5.37. The molecule has 0 bridgehead atoms. The summed E-state index contributed by atoms with van der Waals surface area (Å²) in [5.74, 6) is 0. The second-order valence-electron chi connectivity index (χ2n) is 0.894. The van der Waals surface area contributed by atoms with Crippen LogP contribution in [0.2, 0.25) is 0 Å². The maximum atomic E-state index is 8.92. The highest BCUT2D eigenvalue weighted by molar-refractivity contribution is 8.04. The van der Waals surface area contributed by atoms with Crippen LogP contribution in [0.15, 0.2) is 0 Å². The van der Waals surface area contributed by atoms with Gasteiger partial charge in [0.25, 0.3) is 0 Å². The Bertz CT molecular complexity index is 126. The fourth-order valence-electron chi connectivity index (χ4n) is 0. The molecule has 6 nitrogen and oxygen atoms in total. The molecule has 0 atom stereocenters. The lowest BCUT2D eigenvalue weighted by Gasteiger charge is -2.43. The largest absolute Gasteiger partial charge is 0.844 e. The Morgan fingerprint density at radius 2 is 0.600 bits per heavy atom. The summed E-state index contributed by atoms with van der Waals surface area (Å²) < 4.78 is 0. The zero-order chi connectivity index (χ0) is 9.00. The fraction of sp³-hybridized carbons (Fsp3) is 0. The molecule has 0 rings (SSSR count). The number of rotatable bonds is 0. The van der Waals surface area contributed by atoms with Gasteiger partial charge in [-0.3, -0.25) is 0 Å². The lowest BCUT2D eigenvalue weighted by Crippen LogP contribution is -2.23. The van der Waals surface area contributed by atoms with E-state index >= 15 is 0 Å². The summed E-state index contributed by atoms with van der Waals surface area (Å²) in [6.07, 6.45) is 0. The van der Waals surface area contributed by atoms with E-state index in [4.69, 9.17) is 29.4 Å². The first-order valence-electron chi connectivity index (χ1n) is 1.46. The third-order valence-electron chi connectivity index (χ3n) is 0. The van der Waals surface area contributed by atoms with Gasteiger partial charge in [-0.2, -0.15) is 23.6 Å². The van der Waals surface area contributed by atoms with Crippen molar-refractivity contribution in [1.29, 1.82) is 0 Å². The van der Waals surface area contributed by atoms with Crippen LogP contribution >= 0.6 is 13.4 Å². The van der Waals surface area contributed by atoms with E-state index in [1.54, 1.807) is 0 Å². The van der Waals surface area contributed by atoms with E-state index in [9.17, 15) is 0 Å². The van der Waals surface area contributed by atoms with Crippen molar-refractivity contribution in [2.24, 2.45) is 0 Å². The first kappa shape index (κ1) is 13.6. The third-order valence-corrected chi connectivity index (χ3v) is 0. The van der Waals surface area contributed by atoms with Gasteiger partial charge in [-0.05, 0) is 0 Å². The minimum atomic E-state index is -4.56. The molecule has 0 aliphatic heterocycles. The van der Waals surface area contributed by atoms with Crippen LogP contribution in [0.25, 0.3) is 0 Å². The Balaban J connectivity index is 0. The molecule has 10 heavy (non-hydrogen) atoms. The summed E-state index contributed by atoms with van der Waals surface area (Å²) in [6, 6.07) is 0. The zero-order valence-corrected chi connectivity index (χ0v) is 7.58. The van der Waals surface area contributed by atoms with Gasteiger partial charge in [0.05, 0.1) is 0 Å². The van der Waals surface area contributed by atoms with Gasteiger partial charge in [0.1, 0.15) is 0 Å². The highest BCUT2D eigenvalue weighted by Crippen LogP contribution is 2.04.